The monoisotopic (exact) mass is 512 g/mol. The number of carbonyl (C=O) groups is 2. The normalized spacial score (nSPS) is 11.8. The Kier molecular flexibility index (Phi) is 10.2. The molecular formula is C28H30ClFN2O2S. The van der Waals surface area contributed by atoms with Crippen LogP contribution in [0.3, 0.4) is 0 Å². The highest BCUT2D eigenvalue weighted by molar-refractivity contribution is 7.99. The van der Waals surface area contributed by atoms with Crippen LogP contribution in [0.15, 0.2) is 78.9 Å². The van der Waals surface area contributed by atoms with Gasteiger partial charge >= 0.3 is 0 Å². The van der Waals surface area contributed by atoms with E-state index in [-0.39, 0.29) is 30.2 Å². The number of amides is 2. The van der Waals surface area contributed by atoms with Gasteiger partial charge in [-0.1, -0.05) is 72.3 Å². The zero-order chi connectivity index (χ0) is 25.2. The number of carbonyl (C=O) groups excluding carboxylic acids is 2. The van der Waals surface area contributed by atoms with Crippen LogP contribution in [0.25, 0.3) is 0 Å². The minimum Gasteiger partial charge on any atom is -0.352 e. The third kappa shape index (κ3) is 8.41. The highest BCUT2D eigenvalue weighted by atomic mass is 35.5. The van der Waals surface area contributed by atoms with Gasteiger partial charge in [-0.25, -0.2) is 4.39 Å². The lowest BCUT2D eigenvalue weighted by atomic mass is 10.0. The number of thioether (sulfide) groups is 1. The van der Waals surface area contributed by atoms with E-state index >= 15 is 0 Å². The van der Waals surface area contributed by atoms with Crippen LogP contribution in [0.2, 0.25) is 5.02 Å². The van der Waals surface area contributed by atoms with Crippen LogP contribution in [-0.2, 0) is 28.3 Å². The Bertz CT molecular complexity index is 1110. The van der Waals surface area contributed by atoms with Crippen molar-refractivity contribution in [2.24, 2.45) is 0 Å². The van der Waals surface area contributed by atoms with Gasteiger partial charge in [0.25, 0.3) is 0 Å². The van der Waals surface area contributed by atoms with Crippen molar-refractivity contribution in [3.8, 4) is 0 Å². The van der Waals surface area contributed by atoms with Gasteiger partial charge in [0.15, 0.2) is 0 Å². The molecule has 0 saturated heterocycles. The highest BCUT2D eigenvalue weighted by Crippen LogP contribution is 2.20. The van der Waals surface area contributed by atoms with Gasteiger partial charge in [-0.05, 0) is 43.2 Å². The molecule has 3 aromatic rings. The third-order valence-electron chi connectivity index (χ3n) is 5.41. The molecule has 3 rings (SSSR count). The Balaban J connectivity index is 1.85. The van der Waals surface area contributed by atoms with Gasteiger partial charge in [-0.15, -0.1) is 11.8 Å². The molecule has 0 spiro atoms. The van der Waals surface area contributed by atoms with Crippen molar-refractivity contribution in [1.29, 1.82) is 0 Å². The first-order chi connectivity index (χ1) is 16.8. The summed E-state index contributed by atoms with van der Waals surface area (Å²) in [6.07, 6.45) is 0.335. The molecule has 1 atom stereocenters. The van der Waals surface area contributed by atoms with E-state index in [4.69, 9.17) is 11.6 Å². The number of nitrogens with zero attached hydrogens (tertiary/aromatic N) is 1. The van der Waals surface area contributed by atoms with E-state index in [0.29, 0.717) is 22.8 Å². The molecule has 0 fully saturated rings. The van der Waals surface area contributed by atoms with E-state index in [2.05, 4.69) is 5.32 Å². The first-order valence-corrected chi connectivity index (χ1v) is 13.1. The molecule has 0 bridgehead atoms. The molecule has 1 N–H and O–H groups in total. The molecule has 4 nitrogen and oxygen atoms in total. The summed E-state index contributed by atoms with van der Waals surface area (Å²) in [7, 11) is 0. The molecule has 0 unspecified atom stereocenters. The van der Waals surface area contributed by atoms with Crippen molar-refractivity contribution in [3.05, 3.63) is 106 Å². The first kappa shape index (κ1) is 26.8. The molecule has 0 aliphatic carbocycles. The summed E-state index contributed by atoms with van der Waals surface area (Å²) in [6, 6.07) is 22.5. The molecule has 0 heterocycles. The van der Waals surface area contributed by atoms with E-state index in [1.165, 1.54) is 22.7 Å². The quantitative estimate of drug-likeness (QED) is 0.349. The Morgan fingerprint density at radius 3 is 2.26 bits per heavy atom. The Morgan fingerprint density at radius 1 is 0.943 bits per heavy atom. The van der Waals surface area contributed by atoms with E-state index in [1.807, 2.05) is 68.4 Å². The molecule has 0 radical (unpaired) electrons. The van der Waals surface area contributed by atoms with Gasteiger partial charge in [0.05, 0.1) is 5.75 Å². The molecule has 0 aromatic heterocycles. The number of nitrogens with one attached hydrogen (secondary N) is 1. The Morgan fingerprint density at radius 2 is 1.60 bits per heavy atom. The van der Waals surface area contributed by atoms with Crippen molar-refractivity contribution in [2.45, 2.75) is 44.6 Å². The maximum absolute atomic E-state index is 14.6. The van der Waals surface area contributed by atoms with Crippen LogP contribution in [-0.4, -0.2) is 34.6 Å². The van der Waals surface area contributed by atoms with Crippen molar-refractivity contribution >= 4 is 35.2 Å². The summed E-state index contributed by atoms with van der Waals surface area (Å²) < 4.78 is 14.6. The van der Waals surface area contributed by atoms with Crippen LogP contribution >= 0.6 is 23.4 Å². The van der Waals surface area contributed by atoms with Gasteiger partial charge in [-0.3, -0.25) is 9.59 Å². The molecule has 35 heavy (non-hydrogen) atoms. The van der Waals surface area contributed by atoms with Crippen LogP contribution < -0.4 is 5.32 Å². The second-order valence-electron chi connectivity index (χ2n) is 8.60. The smallest absolute Gasteiger partial charge is 0.243 e. The lowest BCUT2D eigenvalue weighted by Crippen LogP contribution is -2.52. The highest BCUT2D eigenvalue weighted by Gasteiger charge is 2.31. The molecule has 7 heteroatoms. The number of benzene rings is 3. The van der Waals surface area contributed by atoms with Gasteiger partial charge in [0.2, 0.25) is 11.8 Å². The zero-order valence-electron chi connectivity index (χ0n) is 19.9. The molecule has 3 aromatic carbocycles. The summed E-state index contributed by atoms with van der Waals surface area (Å²) in [5, 5.41) is 3.60. The van der Waals surface area contributed by atoms with E-state index in [0.717, 1.165) is 11.1 Å². The van der Waals surface area contributed by atoms with Crippen molar-refractivity contribution in [3.63, 3.8) is 0 Å². The van der Waals surface area contributed by atoms with Crippen LogP contribution in [0.5, 0.6) is 0 Å². The minimum atomic E-state index is -0.775. The van der Waals surface area contributed by atoms with E-state index in [1.54, 1.807) is 18.2 Å². The first-order valence-electron chi connectivity index (χ1n) is 11.5. The lowest BCUT2D eigenvalue weighted by molar-refractivity contribution is -0.139. The van der Waals surface area contributed by atoms with Gasteiger partial charge in [-0.2, -0.15) is 0 Å². The van der Waals surface area contributed by atoms with Crippen LogP contribution in [0.1, 0.15) is 30.5 Å². The summed E-state index contributed by atoms with van der Waals surface area (Å²) in [6.45, 7) is 3.76. The van der Waals surface area contributed by atoms with Gasteiger partial charge < -0.3 is 10.2 Å². The third-order valence-corrected chi connectivity index (χ3v) is 6.65. The number of hydrogen-bond acceptors (Lipinski definition) is 3. The van der Waals surface area contributed by atoms with Crippen LogP contribution in [0, 0.1) is 5.82 Å². The predicted molar refractivity (Wildman–Crippen MR) is 142 cm³/mol. The van der Waals surface area contributed by atoms with Crippen molar-refractivity contribution in [2.75, 3.05) is 5.75 Å². The van der Waals surface area contributed by atoms with Crippen LogP contribution in [0.4, 0.5) is 4.39 Å². The second-order valence-corrected chi connectivity index (χ2v) is 10.0. The molecule has 0 aliphatic rings. The molecule has 184 valence electrons. The second kappa shape index (κ2) is 13.3. The van der Waals surface area contributed by atoms with Gasteiger partial charge in [0.1, 0.15) is 11.9 Å². The average Bonchev–Trinajstić information content (AvgIpc) is 2.83. The standard InChI is InChI=1S/C28H30ClFN2O2S/c1-20(2)31-28(34)26(16-21-8-4-3-5-9-21)32(17-23-10-6-7-11-25(23)30)27(33)19-35-18-22-12-14-24(29)15-13-22/h3-15,20,26H,16-19H2,1-2H3,(H,31,34)/t26-/m0/s1. The molecule has 0 aliphatic heterocycles. The fraction of sp³-hybridized carbons (Fsp3) is 0.286. The van der Waals surface area contributed by atoms with Crippen molar-refractivity contribution < 1.29 is 14.0 Å². The maximum Gasteiger partial charge on any atom is 0.243 e. The van der Waals surface area contributed by atoms with Gasteiger partial charge in [0, 0.05) is 35.3 Å². The average molecular weight is 513 g/mol. The maximum atomic E-state index is 14.6. The lowest BCUT2D eigenvalue weighted by Gasteiger charge is -2.32. The molecule has 0 saturated carbocycles. The fourth-order valence-electron chi connectivity index (χ4n) is 3.66. The number of rotatable bonds is 11. The topological polar surface area (TPSA) is 49.4 Å². The van der Waals surface area contributed by atoms with Crippen molar-refractivity contribution in [1.82, 2.24) is 10.2 Å². The number of hydrogen-bond donors (Lipinski definition) is 1. The summed E-state index contributed by atoms with van der Waals surface area (Å²) in [5.41, 5.74) is 2.35. The van der Waals surface area contributed by atoms with E-state index < -0.39 is 11.9 Å². The fourth-order valence-corrected chi connectivity index (χ4v) is 4.66. The minimum absolute atomic E-state index is 0.00995. The molecule has 2 amide bonds. The Hall–Kier alpha value is -2.83. The van der Waals surface area contributed by atoms with E-state index in [9.17, 15) is 14.0 Å². The molecular weight excluding hydrogens is 483 g/mol. The summed E-state index contributed by atoms with van der Waals surface area (Å²) in [5.74, 6) is -0.0832. The summed E-state index contributed by atoms with van der Waals surface area (Å²) >= 11 is 7.41. The number of halogens is 2. The zero-order valence-corrected chi connectivity index (χ0v) is 21.5. The summed E-state index contributed by atoms with van der Waals surface area (Å²) in [4.78, 5) is 28.3. The SMILES string of the molecule is CC(C)NC(=O)[C@H](Cc1ccccc1)N(Cc1ccccc1F)C(=O)CSCc1ccc(Cl)cc1. The Labute approximate surface area is 215 Å². The predicted octanol–water partition coefficient (Wildman–Crippen LogP) is 5.88. The largest absolute Gasteiger partial charge is 0.352 e.